The first kappa shape index (κ1) is 20.3. The minimum absolute atomic E-state index is 0.0426. The van der Waals surface area contributed by atoms with Crippen molar-refractivity contribution in [3.8, 4) is 22.7 Å². The smallest absolute Gasteiger partial charge is 0.417 e. The topological polar surface area (TPSA) is 67.9 Å². The van der Waals surface area contributed by atoms with Crippen LogP contribution in [0.15, 0.2) is 65.7 Å². The van der Waals surface area contributed by atoms with Gasteiger partial charge in [-0.2, -0.15) is 13.2 Å². The highest BCUT2D eigenvalue weighted by Crippen LogP contribution is 2.37. The lowest BCUT2D eigenvalue weighted by molar-refractivity contribution is -0.137. The van der Waals surface area contributed by atoms with Crippen LogP contribution in [0.3, 0.4) is 0 Å². The third-order valence-electron chi connectivity index (χ3n) is 5.37. The third-order valence-corrected chi connectivity index (χ3v) is 5.37. The molecule has 1 aromatic carbocycles. The van der Waals surface area contributed by atoms with Gasteiger partial charge in [-0.15, -0.1) is 0 Å². The molecule has 4 aromatic rings. The summed E-state index contributed by atoms with van der Waals surface area (Å²) in [6.45, 7) is 1.88. The fourth-order valence-corrected chi connectivity index (χ4v) is 3.84. The Morgan fingerprint density at radius 3 is 2.62 bits per heavy atom. The number of halogens is 3. The van der Waals surface area contributed by atoms with Gasteiger partial charge in [0.2, 0.25) is 0 Å². The lowest BCUT2D eigenvalue weighted by atomic mass is 10.1. The monoisotopic (exact) mass is 437 g/mol. The second kappa shape index (κ2) is 8.16. The van der Waals surface area contributed by atoms with Crippen LogP contribution in [-0.4, -0.2) is 31.4 Å². The number of aromatic nitrogens is 4. The molecule has 0 bridgehead atoms. The highest BCUT2D eigenvalue weighted by Gasteiger charge is 2.34. The Kier molecular flexibility index (Phi) is 5.18. The summed E-state index contributed by atoms with van der Waals surface area (Å²) >= 11 is 0. The molecular weight excluding hydrogens is 419 g/mol. The van der Waals surface area contributed by atoms with Gasteiger partial charge in [-0.05, 0) is 18.2 Å². The Hall–Kier alpha value is -3.59. The number of fused-ring (bicyclic) bond motifs is 1. The van der Waals surface area contributed by atoms with Crippen molar-refractivity contribution >= 4 is 0 Å². The molecule has 0 saturated heterocycles. The van der Waals surface area contributed by atoms with E-state index in [-0.39, 0.29) is 11.3 Å². The van der Waals surface area contributed by atoms with E-state index < -0.39 is 11.7 Å². The zero-order valence-corrected chi connectivity index (χ0v) is 16.9. The van der Waals surface area contributed by atoms with Crippen LogP contribution in [0.4, 0.5) is 13.2 Å². The SMILES string of the molecule is FC(F)(F)c1ccccc1-c1ccc(CN2CCc3nc(-c4cncnc4)ncc3C2)o1. The molecule has 5 rings (SSSR count). The first-order valence-electron chi connectivity index (χ1n) is 10.1. The number of hydrogen-bond donors (Lipinski definition) is 0. The van der Waals surface area contributed by atoms with E-state index in [1.807, 2.05) is 6.20 Å². The van der Waals surface area contributed by atoms with E-state index >= 15 is 0 Å². The number of nitrogens with zero attached hydrogens (tertiary/aromatic N) is 5. The summed E-state index contributed by atoms with van der Waals surface area (Å²) in [6, 6.07) is 8.76. The molecule has 0 amide bonds. The predicted molar refractivity (Wildman–Crippen MR) is 110 cm³/mol. The minimum atomic E-state index is -4.44. The van der Waals surface area contributed by atoms with Gasteiger partial charge in [0.05, 0.1) is 23.4 Å². The molecule has 4 heterocycles. The molecular formula is C23H18F3N5O. The number of alkyl halides is 3. The fourth-order valence-electron chi connectivity index (χ4n) is 3.84. The molecule has 32 heavy (non-hydrogen) atoms. The molecule has 6 nitrogen and oxygen atoms in total. The molecule has 0 aliphatic carbocycles. The lowest BCUT2D eigenvalue weighted by Gasteiger charge is -2.27. The molecule has 0 N–H and O–H groups in total. The average Bonchev–Trinajstić information content (AvgIpc) is 3.27. The molecule has 3 aromatic heterocycles. The van der Waals surface area contributed by atoms with Gasteiger partial charge in [-0.3, -0.25) is 4.90 Å². The van der Waals surface area contributed by atoms with Gasteiger partial charge < -0.3 is 4.42 Å². The van der Waals surface area contributed by atoms with Gasteiger partial charge in [-0.25, -0.2) is 19.9 Å². The summed E-state index contributed by atoms with van der Waals surface area (Å²) < 4.78 is 45.8. The standard InChI is InChI=1S/C23H18F3N5O/c24-23(25,26)19-4-2-1-3-18(19)21-6-5-17(32-21)13-31-8-7-20-16(12-31)11-29-22(30-20)15-9-27-14-28-10-15/h1-6,9-11,14H,7-8,12-13H2. The highest BCUT2D eigenvalue weighted by atomic mass is 19.4. The zero-order valence-electron chi connectivity index (χ0n) is 16.9. The summed E-state index contributed by atoms with van der Waals surface area (Å²) in [5, 5.41) is 0. The van der Waals surface area contributed by atoms with Gasteiger partial charge in [0.1, 0.15) is 17.8 Å². The Bertz CT molecular complexity index is 1240. The van der Waals surface area contributed by atoms with Crippen molar-refractivity contribution in [2.24, 2.45) is 0 Å². The first-order valence-corrected chi connectivity index (χ1v) is 10.1. The van der Waals surface area contributed by atoms with E-state index in [0.717, 1.165) is 35.9 Å². The third kappa shape index (κ3) is 4.11. The maximum atomic E-state index is 13.3. The summed E-state index contributed by atoms with van der Waals surface area (Å²) in [7, 11) is 0. The lowest BCUT2D eigenvalue weighted by Crippen LogP contribution is -2.30. The van der Waals surface area contributed by atoms with Crippen LogP contribution in [0.25, 0.3) is 22.7 Å². The summed E-state index contributed by atoms with van der Waals surface area (Å²) in [5.41, 5.74) is 2.10. The Morgan fingerprint density at radius 1 is 1.00 bits per heavy atom. The van der Waals surface area contributed by atoms with Crippen molar-refractivity contribution in [3.63, 3.8) is 0 Å². The zero-order chi connectivity index (χ0) is 22.1. The molecule has 0 radical (unpaired) electrons. The van der Waals surface area contributed by atoms with E-state index in [0.29, 0.717) is 24.7 Å². The van der Waals surface area contributed by atoms with Crippen LogP contribution in [0.5, 0.6) is 0 Å². The molecule has 0 fully saturated rings. The second-order valence-corrected chi connectivity index (χ2v) is 7.56. The average molecular weight is 437 g/mol. The molecule has 1 aliphatic rings. The van der Waals surface area contributed by atoms with Gasteiger partial charge in [-0.1, -0.05) is 18.2 Å². The van der Waals surface area contributed by atoms with Gasteiger partial charge in [0.25, 0.3) is 0 Å². The van der Waals surface area contributed by atoms with E-state index in [2.05, 4.69) is 24.8 Å². The van der Waals surface area contributed by atoms with Crippen LogP contribution in [0, 0.1) is 0 Å². The van der Waals surface area contributed by atoms with E-state index in [1.165, 1.54) is 18.5 Å². The van der Waals surface area contributed by atoms with Crippen molar-refractivity contribution < 1.29 is 17.6 Å². The molecule has 9 heteroatoms. The summed E-state index contributed by atoms with van der Waals surface area (Å²) in [4.78, 5) is 19.3. The fraction of sp³-hybridized carbons (Fsp3) is 0.217. The number of benzene rings is 1. The van der Waals surface area contributed by atoms with Crippen LogP contribution >= 0.6 is 0 Å². The molecule has 0 atom stereocenters. The summed E-state index contributed by atoms with van der Waals surface area (Å²) in [5.74, 6) is 1.42. The Labute approximate surface area is 181 Å². The molecule has 0 saturated carbocycles. The molecule has 1 aliphatic heterocycles. The predicted octanol–water partition coefficient (Wildman–Crippen LogP) is 4.77. The normalized spacial score (nSPS) is 14.3. The summed E-state index contributed by atoms with van der Waals surface area (Å²) in [6.07, 6.45) is 2.92. The van der Waals surface area contributed by atoms with Crippen molar-refractivity contribution in [3.05, 3.63) is 83.9 Å². The largest absolute Gasteiger partial charge is 0.460 e. The van der Waals surface area contributed by atoms with Crippen LogP contribution < -0.4 is 0 Å². The number of hydrogen-bond acceptors (Lipinski definition) is 6. The molecule has 162 valence electrons. The van der Waals surface area contributed by atoms with Crippen molar-refractivity contribution in [1.82, 2.24) is 24.8 Å². The van der Waals surface area contributed by atoms with Crippen molar-refractivity contribution in [2.75, 3.05) is 6.54 Å². The van der Waals surface area contributed by atoms with E-state index in [4.69, 9.17) is 4.42 Å². The minimum Gasteiger partial charge on any atom is -0.460 e. The Balaban J connectivity index is 1.31. The van der Waals surface area contributed by atoms with Crippen LogP contribution in [-0.2, 0) is 25.7 Å². The van der Waals surface area contributed by atoms with Gasteiger partial charge >= 0.3 is 6.18 Å². The molecule has 0 spiro atoms. The van der Waals surface area contributed by atoms with Gasteiger partial charge in [0.15, 0.2) is 5.82 Å². The maximum absolute atomic E-state index is 13.3. The number of furan rings is 1. The highest BCUT2D eigenvalue weighted by molar-refractivity contribution is 5.63. The van der Waals surface area contributed by atoms with Gasteiger partial charge in [0, 0.05) is 49.2 Å². The second-order valence-electron chi connectivity index (χ2n) is 7.56. The van der Waals surface area contributed by atoms with E-state index in [1.54, 1.807) is 30.6 Å². The first-order chi connectivity index (χ1) is 15.5. The maximum Gasteiger partial charge on any atom is 0.417 e. The van der Waals surface area contributed by atoms with Crippen LogP contribution in [0.1, 0.15) is 22.6 Å². The van der Waals surface area contributed by atoms with Crippen molar-refractivity contribution in [2.45, 2.75) is 25.7 Å². The van der Waals surface area contributed by atoms with E-state index in [9.17, 15) is 13.2 Å². The number of rotatable bonds is 4. The van der Waals surface area contributed by atoms with Crippen LogP contribution in [0.2, 0.25) is 0 Å². The van der Waals surface area contributed by atoms with Crippen molar-refractivity contribution in [1.29, 1.82) is 0 Å². The Morgan fingerprint density at radius 2 is 1.81 bits per heavy atom. The molecule has 0 unspecified atom stereocenters. The quantitative estimate of drug-likeness (QED) is 0.458.